The van der Waals surface area contributed by atoms with Crippen molar-refractivity contribution in [3.8, 4) is 22.8 Å². The standard InChI is InChI=1S/C17H12BNO2/c1-2-10-17-16(9-1)20-18(21-17)14-7-5-6-13(12-14)15-8-3-4-11-19-15/h1-12H. The third kappa shape index (κ3) is 2.25. The first-order valence-corrected chi connectivity index (χ1v) is 6.84. The van der Waals surface area contributed by atoms with Gasteiger partial charge in [0.15, 0.2) is 0 Å². The molecule has 0 spiro atoms. The SMILES string of the molecule is c1ccc(-c2cccc(B3Oc4ccccc4O3)c2)nc1. The van der Waals surface area contributed by atoms with Crippen LogP contribution in [0.3, 0.4) is 0 Å². The number of pyridine rings is 1. The van der Waals surface area contributed by atoms with Crippen molar-refractivity contribution in [1.82, 2.24) is 4.98 Å². The van der Waals surface area contributed by atoms with Crippen molar-refractivity contribution in [2.24, 2.45) is 0 Å². The average molecular weight is 273 g/mol. The second-order valence-electron chi connectivity index (χ2n) is 4.85. The van der Waals surface area contributed by atoms with Crippen molar-refractivity contribution in [2.45, 2.75) is 0 Å². The molecule has 0 saturated heterocycles. The lowest BCUT2D eigenvalue weighted by atomic mass is 9.78. The molecule has 0 saturated carbocycles. The Morgan fingerprint density at radius 2 is 1.52 bits per heavy atom. The highest BCUT2D eigenvalue weighted by Crippen LogP contribution is 2.32. The summed E-state index contributed by atoms with van der Waals surface area (Å²) in [5.41, 5.74) is 2.97. The number of nitrogens with zero attached hydrogens (tertiary/aromatic N) is 1. The molecular weight excluding hydrogens is 261 g/mol. The Morgan fingerprint density at radius 1 is 0.762 bits per heavy atom. The lowest BCUT2D eigenvalue weighted by Crippen LogP contribution is -2.39. The van der Waals surface area contributed by atoms with E-state index >= 15 is 0 Å². The predicted molar refractivity (Wildman–Crippen MR) is 82.8 cm³/mol. The van der Waals surface area contributed by atoms with Gasteiger partial charge in [0.25, 0.3) is 0 Å². The molecule has 3 aromatic rings. The van der Waals surface area contributed by atoms with Gasteiger partial charge in [-0.2, -0.15) is 0 Å². The van der Waals surface area contributed by atoms with Gasteiger partial charge in [0.05, 0.1) is 5.69 Å². The van der Waals surface area contributed by atoms with Crippen LogP contribution in [0, 0.1) is 0 Å². The van der Waals surface area contributed by atoms with Crippen molar-refractivity contribution >= 4 is 12.6 Å². The summed E-state index contributed by atoms with van der Waals surface area (Å²) in [4.78, 5) is 4.37. The van der Waals surface area contributed by atoms with Crippen LogP contribution in [0.1, 0.15) is 0 Å². The third-order valence-electron chi connectivity index (χ3n) is 3.44. The molecule has 0 bridgehead atoms. The maximum Gasteiger partial charge on any atom is 0.632 e. The summed E-state index contributed by atoms with van der Waals surface area (Å²) in [5.74, 6) is 1.57. The number of rotatable bonds is 2. The van der Waals surface area contributed by atoms with Gasteiger partial charge in [-0.15, -0.1) is 0 Å². The normalized spacial score (nSPS) is 12.5. The molecule has 0 N–H and O–H groups in total. The molecule has 4 heteroatoms. The largest absolute Gasteiger partial charge is 0.632 e. The maximum atomic E-state index is 5.84. The minimum atomic E-state index is -0.397. The first-order valence-electron chi connectivity index (χ1n) is 6.84. The van der Waals surface area contributed by atoms with Gasteiger partial charge in [0.1, 0.15) is 11.5 Å². The Bertz CT molecular complexity index is 752. The summed E-state index contributed by atoms with van der Waals surface area (Å²) in [6, 6.07) is 21.7. The highest BCUT2D eigenvalue weighted by atomic mass is 16.6. The molecule has 0 fully saturated rings. The summed E-state index contributed by atoms with van der Waals surface area (Å²) in [6.45, 7) is 0. The zero-order chi connectivity index (χ0) is 14.1. The van der Waals surface area contributed by atoms with Gasteiger partial charge in [-0.1, -0.05) is 42.5 Å². The molecule has 1 aromatic heterocycles. The van der Waals surface area contributed by atoms with E-state index in [0.717, 1.165) is 28.2 Å². The summed E-state index contributed by atoms with van der Waals surface area (Å²) < 4.78 is 11.7. The number of fused-ring (bicyclic) bond motifs is 1. The van der Waals surface area contributed by atoms with Crippen molar-refractivity contribution in [2.75, 3.05) is 0 Å². The van der Waals surface area contributed by atoms with Crippen molar-refractivity contribution in [3.63, 3.8) is 0 Å². The van der Waals surface area contributed by atoms with Crippen LogP contribution in [0.4, 0.5) is 0 Å². The molecule has 21 heavy (non-hydrogen) atoms. The van der Waals surface area contributed by atoms with Crippen LogP contribution in [-0.2, 0) is 0 Å². The third-order valence-corrected chi connectivity index (χ3v) is 3.44. The minimum absolute atomic E-state index is 0.397. The predicted octanol–water partition coefficient (Wildman–Crippen LogP) is 2.92. The first kappa shape index (κ1) is 12.0. The molecule has 2 aromatic carbocycles. The first-order chi connectivity index (χ1) is 10.4. The maximum absolute atomic E-state index is 5.84. The van der Waals surface area contributed by atoms with Gasteiger partial charge in [0, 0.05) is 11.7 Å². The van der Waals surface area contributed by atoms with E-state index in [1.807, 2.05) is 60.7 Å². The summed E-state index contributed by atoms with van der Waals surface area (Å²) in [7, 11) is -0.397. The van der Waals surface area contributed by atoms with E-state index in [0.29, 0.717) is 0 Å². The Kier molecular flexibility index (Phi) is 2.85. The van der Waals surface area contributed by atoms with Crippen LogP contribution in [0.5, 0.6) is 11.5 Å². The fourth-order valence-corrected chi connectivity index (χ4v) is 2.41. The van der Waals surface area contributed by atoms with Crippen LogP contribution in [0.15, 0.2) is 72.9 Å². The average Bonchev–Trinajstić information content (AvgIpc) is 3.00. The Balaban J connectivity index is 1.66. The molecule has 0 radical (unpaired) electrons. The zero-order valence-corrected chi connectivity index (χ0v) is 11.3. The van der Waals surface area contributed by atoms with Crippen LogP contribution < -0.4 is 14.8 Å². The quantitative estimate of drug-likeness (QED) is 0.673. The van der Waals surface area contributed by atoms with E-state index < -0.39 is 7.12 Å². The van der Waals surface area contributed by atoms with Crippen molar-refractivity contribution in [3.05, 3.63) is 72.9 Å². The smallest absolute Gasteiger partial charge is 0.519 e. The van der Waals surface area contributed by atoms with Gasteiger partial charge in [0.2, 0.25) is 0 Å². The second kappa shape index (κ2) is 4.98. The van der Waals surface area contributed by atoms with Crippen molar-refractivity contribution < 1.29 is 9.31 Å². The topological polar surface area (TPSA) is 31.4 Å². The number of benzene rings is 2. The fourth-order valence-electron chi connectivity index (χ4n) is 2.41. The van der Waals surface area contributed by atoms with E-state index in [9.17, 15) is 0 Å². The molecule has 1 aliphatic heterocycles. The molecule has 3 nitrogen and oxygen atoms in total. The van der Waals surface area contributed by atoms with Gasteiger partial charge in [-0.25, -0.2) is 0 Å². The van der Waals surface area contributed by atoms with Crippen LogP contribution in [-0.4, -0.2) is 12.1 Å². The molecule has 0 atom stereocenters. The van der Waals surface area contributed by atoms with Gasteiger partial charge in [-0.3, -0.25) is 4.98 Å². The number of hydrogen-bond acceptors (Lipinski definition) is 3. The molecule has 0 amide bonds. The Morgan fingerprint density at radius 3 is 2.24 bits per heavy atom. The molecule has 2 heterocycles. The molecule has 100 valence electrons. The number of hydrogen-bond donors (Lipinski definition) is 0. The Labute approximate surface area is 123 Å². The van der Waals surface area contributed by atoms with Gasteiger partial charge >= 0.3 is 7.12 Å². The lowest BCUT2D eigenvalue weighted by molar-refractivity contribution is 0.519. The van der Waals surface area contributed by atoms with E-state index in [-0.39, 0.29) is 0 Å². The molecule has 4 rings (SSSR count). The zero-order valence-electron chi connectivity index (χ0n) is 11.3. The number of para-hydroxylation sites is 2. The molecule has 0 aliphatic carbocycles. The molecule has 0 unspecified atom stereocenters. The monoisotopic (exact) mass is 273 g/mol. The minimum Gasteiger partial charge on any atom is -0.519 e. The molecule has 1 aliphatic rings. The fraction of sp³-hybridized carbons (Fsp3) is 0. The van der Waals surface area contributed by atoms with Crippen LogP contribution in [0.25, 0.3) is 11.3 Å². The highest BCUT2D eigenvalue weighted by molar-refractivity contribution is 6.63. The van der Waals surface area contributed by atoms with E-state index in [4.69, 9.17) is 9.31 Å². The Hall–Kier alpha value is -2.75. The van der Waals surface area contributed by atoms with Crippen LogP contribution in [0.2, 0.25) is 0 Å². The number of aromatic nitrogens is 1. The second-order valence-corrected chi connectivity index (χ2v) is 4.85. The molecular formula is C17H12BNO2. The van der Waals surface area contributed by atoms with E-state index in [2.05, 4.69) is 11.1 Å². The summed E-state index contributed by atoms with van der Waals surface area (Å²) in [6.07, 6.45) is 1.79. The van der Waals surface area contributed by atoms with Crippen LogP contribution >= 0.6 is 0 Å². The van der Waals surface area contributed by atoms with Crippen molar-refractivity contribution in [1.29, 1.82) is 0 Å². The van der Waals surface area contributed by atoms with E-state index in [1.165, 1.54) is 0 Å². The van der Waals surface area contributed by atoms with E-state index in [1.54, 1.807) is 6.20 Å². The summed E-state index contributed by atoms with van der Waals surface area (Å²) in [5, 5.41) is 0. The highest BCUT2D eigenvalue weighted by Gasteiger charge is 2.33. The van der Waals surface area contributed by atoms with Gasteiger partial charge < -0.3 is 9.31 Å². The van der Waals surface area contributed by atoms with Gasteiger partial charge in [-0.05, 0) is 29.8 Å². The summed E-state index contributed by atoms with van der Waals surface area (Å²) >= 11 is 0. The lowest BCUT2D eigenvalue weighted by Gasteiger charge is -2.07.